The van der Waals surface area contributed by atoms with Crippen LogP contribution >= 0.6 is 61.7 Å². The highest BCUT2D eigenvalue weighted by Crippen LogP contribution is 2.30. The van der Waals surface area contributed by atoms with Crippen molar-refractivity contribution in [1.29, 1.82) is 0 Å². The number of carbonyl (C=O) groups is 1. The SMILES string of the molecule is Cc1c(/C=N\NC(=O)c2cc3cc(Br)cc(I)c3o2)c2ccccc2n1Cc1ccc(Cl)cc1Cl. The molecular weight excluding hydrogens is 664 g/mol. The van der Waals surface area contributed by atoms with Crippen LogP contribution in [0.15, 0.2) is 74.7 Å². The first kappa shape index (κ1) is 24.4. The molecule has 0 fully saturated rings. The largest absolute Gasteiger partial charge is 0.450 e. The first-order valence-electron chi connectivity index (χ1n) is 10.6. The molecule has 0 radical (unpaired) electrons. The molecule has 0 spiro atoms. The number of benzene rings is 3. The molecule has 5 nitrogen and oxygen atoms in total. The van der Waals surface area contributed by atoms with E-state index in [4.69, 9.17) is 27.6 Å². The molecule has 176 valence electrons. The maximum absolute atomic E-state index is 12.7. The summed E-state index contributed by atoms with van der Waals surface area (Å²) in [4.78, 5) is 12.7. The van der Waals surface area contributed by atoms with Crippen LogP contribution < -0.4 is 5.43 Å². The van der Waals surface area contributed by atoms with Gasteiger partial charge in [-0.05, 0) is 71.5 Å². The maximum atomic E-state index is 12.7. The van der Waals surface area contributed by atoms with Gasteiger partial charge in [-0.1, -0.05) is 63.4 Å². The van der Waals surface area contributed by atoms with Crippen molar-refractivity contribution >= 4 is 95.7 Å². The van der Waals surface area contributed by atoms with Crippen molar-refractivity contribution in [3.05, 3.63) is 101 Å². The van der Waals surface area contributed by atoms with E-state index in [9.17, 15) is 4.79 Å². The average molecular weight is 681 g/mol. The standard InChI is InChI=1S/C26H17BrCl2IN3O2/c1-14-20(12-31-32-26(34)24-9-16-8-17(27)10-22(30)25(16)35-24)19-4-2-3-5-23(19)33(14)13-15-6-7-18(28)11-21(15)29/h2-12H,13H2,1H3,(H,32,34)/b31-12-. The molecule has 0 saturated carbocycles. The fourth-order valence-electron chi connectivity index (χ4n) is 4.04. The van der Waals surface area contributed by atoms with Gasteiger partial charge in [0.1, 0.15) is 5.58 Å². The van der Waals surface area contributed by atoms with Gasteiger partial charge in [-0.2, -0.15) is 5.10 Å². The van der Waals surface area contributed by atoms with Crippen LogP contribution in [0.5, 0.6) is 0 Å². The highest BCUT2D eigenvalue weighted by molar-refractivity contribution is 14.1. The molecule has 9 heteroatoms. The normalized spacial score (nSPS) is 11.7. The van der Waals surface area contributed by atoms with Gasteiger partial charge in [-0.25, -0.2) is 5.43 Å². The average Bonchev–Trinajstić information content (AvgIpc) is 3.36. The number of para-hydroxylation sites is 1. The van der Waals surface area contributed by atoms with Crippen LogP contribution in [-0.2, 0) is 6.54 Å². The number of nitrogens with one attached hydrogen (secondary N) is 1. The molecule has 0 bridgehead atoms. The summed E-state index contributed by atoms with van der Waals surface area (Å²) in [5.74, 6) is -0.219. The molecule has 0 unspecified atom stereocenters. The van der Waals surface area contributed by atoms with Crippen LogP contribution in [0, 0.1) is 10.5 Å². The first-order chi connectivity index (χ1) is 16.8. The zero-order valence-corrected chi connectivity index (χ0v) is 23.5. The first-order valence-corrected chi connectivity index (χ1v) is 13.2. The predicted molar refractivity (Wildman–Crippen MR) is 154 cm³/mol. The lowest BCUT2D eigenvalue weighted by atomic mass is 10.1. The number of hydrogen-bond donors (Lipinski definition) is 1. The Labute approximate surface area is 233 Å². The third-order valence-corrected chi connectivity index (χ3v) is 7.59. The van der Waals surface area contributed by atoms with Crippen LogP contribution in [0.1, 0.15) is 27.4 Å². The van der Waals surface area contributed by atoms with E-state index in [1.807, 2.05) is 49.4 Å². The second-order valence-electron chi connectivity index (χ2n) is 7.95. The van der Waals surface area contributed by atoms with Gasteiger partial charge in [0, 0.05) is 48.6 Å². The molecule has 2 aromatic heterocycles. The summed E-state index contributed by atoms with van der Waals surface area (Å²) in [6, 6.07) is 19.1. The fraction of sp³-hybridized carbons (Fsp3) is 0.0769. The number of rotatable bonds is 5. The van der Waals surface area contributed by atoms with Gasteiger partial charge >= 0.3 is 5.91 Å². The van der Waals surface area contributed by atoms with E-state index in [0.717, 1.165) is 41.2 Å². The summed E-state index contributed by atoms with van der Waals surface area (Å²) < 4.78 is 9.77. The Balaban J connectivity index is 1.43. The smallest absolute Gasteiger partial charge is 0.307 e. The molecule has 35 heavy (non-hydrogen) atoms. The monoisotopic (exact) mass is 679 g/mol. The van der Waals surface area contributed by atoms with Gasteiger partial charge < -0.3 is 8.98 Å². The number of hydrogen-bond acceptors (Lipinski definition) is 3. The molecule has 1 amide bonds. The lowest BCUT2D eigenvalue weighted by Crippen LogP contribution is -2.16. The van der Waals surface area contributed by atoms with Crippen LogP contribution in [0.3, 0.4) is 0 Å². The number of aromatic nitrogens is 1. The molecule has 0 aliphatic rings. The van der Waals surface area contributed by atoms with Gasteiger partial charge in [-0.15, -0.1) is 0 Å². The highest BCUT2D eigenvalue weighted by atomic mass is 127. The van der Waals surface area contributed by atoms with E-state index in [-0.39, 0.29) is 5.76 Å². The Morgan fingerprint density at radius 1 is 1.17 bits per heavy atom. The molecule has 0 atom stereocenters. The third-order valence-electron chi connectivity index (χ3n) is 5.74. The molecular formula is C26H17BrCl2IN3O2. The van der Waals surface area contributed by atoms with Gasteiger partial charge in [-0.3, -0.25) is 4.79 Å². The van der Waals surface area contributed by atoms with Crippen molar-refractivity contribution in [3.63, 3.8) is 0 Å². The van der Waals surface area contributed by atoms with E-state index < -0.39 is 5.91 Å². The van der Waals surface area contributed by atoms with E-state index in [1.54, 1.807) is 18.3 Å². The number of nitrogens with zero attached hydrogens (tertiary/aromatic N) is 2. The van der Waals surface area contributed by atoms with Gasteiger partial charge in [0.2, 0.25) is 0 Å². The van der Waals surface area contributed by atoms with Crippen molar-refractivity contribution in [2.45, 2.75) is 13.5 Å². The van der Waals surface area contributed by atoms with E-state index in [0.29, 0.717) is 22.2 Å². The minimum absolute atomic E-state index is 0.199. The van der Waals surface area contributed by atoms with Crippen LogP contribution in [0.4, 0.5) is 0 Å². The van der Waals surface area contributed by atoms with Crippen molar-refractivity contribution in [2.75, 3.05) is 0 Å². The quantitative estimate of drug-likeness (QED) is 0.116. The second kappa shape index (κ2) is 9.97. The van der Waals surface area contributed by atoms with Crippen molar-refractivity contribution in [1.82, 2.24) is 9.99 Å². The molecule has 5 rings (SSSR count). The summed E-state index contributed by atoms with van der Waals surface area (Å²) in [6.07, 6.45) is 1.67. The van der Waals surface area contributed by atoms with Gasteiger partial charge in [0.25, 0.3) is 0 Å². The van der Waals surface area contributed by atoms with Crippen molar-refractivity contribution < 1.29 is 9.21 Å². The van der Waals surface area contributed by atoms with Crippen molar-refractivity contribution in [2.24, 2.45) is 5.10 Å². The zero-order chi connectivity index (χ0) is 24.7. The maximum Gasteiger partial charge on any atom is 0.307 e. The Kier molecular flexibility index (Phi) is 6.94. The second-order valence-corrected chi connectivity index (χ2v) is 10.9. The van der Waals surface area contributed by atoms with Crippen LogP contribution in [-0.4, -0.2) is 16.7 Å². The fourth-order valence-corrected chi connectivity index (χ4v) is 6.17. The highest BCUT2D eigenvalue weighted by Gasteiger charge is 2.16. The molecule has 3 aromatic carbocycles. The van der Waals surface area contributed by atoms with Crippen LogP contribution in [0.2, 0.25) is 10.0 Å². The topological polar surface area (TPSA) is 59.5 Å². The van der Waals surface area contributed by atoms with E-state index in [2.05, 4.69) is 59.7 Å². The lowest BCUT2D eigenvalue weighted by molar-refractivity contribution is 0.0929. The minimum Gasteiger partial charge on any atom is -0.450 e. The Morgan fingerprint density at radius 2 is 1.97 bits per heavy atom. The lowest BCUT2D eigenvalue weighted by Gasteiger charge is -2.10. The number of halogens is 4. The molecule has 0 aliphatic heterocycles. The zero-order valence-electron chi connectivity index (χ0n) is 18.3. The molecule has 1 N–H and O–H groups in total. The Morgan fingerprint density at radius 3 is 2.77 bits per heavy atom. The van der Waals surface area contributed by atoms with E-state index >= 15 is 0 Å². The summed E-state index contributed by atoms with van der Waals surface area (Å²) in [5.41, 5.74) is 7.17. The number of furan rings is 1. The molecule has 5 aromatic rings. The summed E-state index contributed by atoms with van der Waals surface area (Å²) in [7, 11) is 0. The Hall–Kier alpha value is -2.33. The van der Waals surface area contributed by atoms with Gasteiger partial charge in [0.05, 0.1) is 9.78 Å². The number of amides is 1. The number of fused-ring (bicyclic) bond motifs is 2. The number of carbonyl (C=O) groups excluding carboxylic acids is 1. The Bertz CT molecular complexity index is 1640. The minimum atomic E-state index is -0.418. The van der Waals surface area contributed by atoms with Gasteiger partial charge in [0.15, 0.2) is 5.76 Å². The van der Waals surface area contributed by atoms with E-state index in [1.165, 1.54) is 0 Å². The third kappa shape index (κ3) is 4.87. The van der Waals surface area contributed by atoms with Crippen LogP contribution in [0.25, 0.3) is 21.9 Å². The summed E-state index contributed by atoms with van der Waals surface area (Å²) in [5, 5.41) is 7.32. The molecule has 0 saturated heterocycles. The molecule has 0 aliphatic carbocycles. The number of hydrazone groups is 1. The van der Waals surface area contributed by atoms with Crippen molar-refractivity contribution in [3.8, 4) is 0 Å². The predicted octanol–water partition coefficient (Wildman–Crippen LogP) is 8.18. The summed E-state index contributed by atoms with van der Waals surface area (Å²) in [6.45, 7) is 2.60. The molecule has 2 heterocycles. The summed E-state index contributed by atoms with van der Waals surface area (Å²) >= 11 is 18.1.